The zero-order valence-electron chi connectivity index (χ0n) is 14.6. The molecule has 146 valence electrons. The smallest absolute Gasteiger partial charge is 0.166 e. The Hall–Kier alpha value is -2.50. The monoisotopic (exact) mass is 394 g/mol. The van der Waals surface area contributed by atoms with Gasteiger partial charge in [0.2, 0.25) is 0 Å². The zero-order valence-corrected chi connectivity index (χ0v) is 14.6. The molecule has 28 heavy (non-hydrogen) atoms. The van der Waals surface area contributed by atoms with Crippen molar-refractivity contribution in [1.82, 2.24) is 0 Å². The molecular weight excluding hydrogens is 378 g/mol. The van der Waals surface area contributed by atoms with E-state index in [2.05, 4.69) is 0 Å². The molecule has 3 aliphatic carbocycles. The molecule has 0 amide bonds. The third-order valence-electron chi connectivity index (χ3n) is 5.44. The largest absolute Gasteiger partial charge is 0.416 e. The summed E-state index contributed by atoms with van der Waals surface area (Å²) in [5.74, 6) is 0.109. The van der Waals surface area contributed by atoms with Gasteiger partial charge in [-0.3, -0.25) is 0 Å². The molecule has 0 spiro atoms. The summed E-state index contributed by atoms with van der Waals surface area (Å²) in [7, 11) is 0. The lowest BCUT2D eigenvalue weighted by Crippen LogP contribution is -2.20. The van der Waals surface area contributed by atoms with Crippen LogP contribution in [-0.4, -0.2) is 0 Å². The lowest BCUT2D eigenvalue weighted by atomic mass is 9.69. The summed E-state index contributed by atoms with van der Waals surface area (Å²) in [5.41, 5.74) is 2.12. The first-order valence-corrected chi connectivity index (χ1v) is 8.91. The van der Waals surface area contributed by atoms with E-state index < -0.39 is 23.5 Å². The molecule has 5 rings (SSSR count). The van der Waals surface area contributed by atoms with Gasteiger partial charge in [0.15, 0.2) is 0 Å². The predicted molar refractivity (Wildman–Crippen MR) is 95.1 cm³/mol. The first-order chi connectivity index (χ1) is 13.1. The van der Waals surface area contributed by atoms with E-state index in [0.29, 0.717) is 0 Å². The number of allylic oxidation sites excluding steroid dienone is 4. The van der Waals surface area contributed by atoms with Gasteiger partial charge in [-0.2, -0.15) is 26.3 Å². The molecule has 0 heterocycles. The number of benzene rings is 2. The van der Waals surface area contributed by atoms with Crippen LogP contribution in [0.15, 0.2) is 60.7 Å². The van der Waals surface area contributed by atoms with Crippen molar-refractivity contribution in [2.75, 3.05) is 0 Å². The maximum atomic E-state index is 12.8. The summed E-state index contributed by atoms with van der Waals surface area (Å²) < 4.78 is 76.5. The van der Waals surface area contributed by atoms with E-state index in [4.69, 9.17) is 0 Å². The highest BCUT2D eigenvalue weighted by Crippen LogP contribution is 2.47. The Labute approximate surface area is 158 Å². The molecule has 0 saturated heterocycles. The Morgan fingerprint density at radius 3 is 1.11 bits per heavy atom. The van der Waals surface area contributed by atoms with Crippen molar-refractivity contribution < 1.29 is 26.3 Å². The number of hydrogen-bond acceptors (Lipinski definition) is 0. The highest BCUT2D eigenvalue weighted by atomic mass is 19.4. The van der Waals surface area contributed by atoms with Gasteiger partial charge in [-0.25, -0.2) is 0 Å². The molecular formula is C22H16F6. The quantitative estimate of drug-likeness (QED) is 0.471. The van der Waals surface area contributed by atoms with Crippen molar-refractivity contribution >= 4 is 11.1 Å². The minimum atomic E-state index is -4.37. The van der Waals surface area contributed by atoms with Crippen LogP contribution in [0, 0.1) is 11.8 Å². The van der Waals surface area contributed by atoms with Gasteiger partial charge in [-0.15, -0.1) is 0 Å². The zero-order chi connectivity index (χ0) is 20.1. The minimum absolute atomic E-state index is 0.0547. The van der Waals surface area contributed by atoms with E-state index >= 15 is 0 Å². The average molecular weight is 394 g/mol. The Kier molecular flexibility index (Phi) is 4.40. The van der Waals surface area contributed by atoms with Crippen LogP contribution in [0.3, 0.4) is 0 Å². The van der Waals surface area contributed by atoms with Gasteiger partial charge < -0.3 is 0 Å². The molecule has 0 unspecified atom stereocenters. The first kappa shape index (κ1) is 18.8. The molecule has 0 nitrogen and oxygen atoms in total. The normalized spacial score (nSPS) is 22.1. The van der Waals surface area contributed by atoms with Crippen molar-refractivity contribution in [3.63, 3.8) is 0 Å². The number of alkyl halides is 6. The molecule has 0 aromatic heterocycles. The Morgan fingerprint density at radius 2 is 0.857 bits per heavy atom. The van der Waals surface area contributed by atoms with E-state index in [9.17, 15) is 26.3 Å². The second kappa shape index (κ2) is 6.54. The topological polar surface area (TPSA) is 0 Å². The maximum absolute atomic E-state index is 12.8. The van der Waals surface area contributed by atoms with Gasteiger partial charge in [-0.1, -0.05) is 36.4 Å². The Bertz CT molecular complexity index is 847. The lowest BCUT2D eigenvalue weighted by molar-refractivity contribution is -0.138. The van der Waals surface area contributed by atoms with Crippen LogP contribution in [0.2, 0.25) is 0 Å². The fourth-order valence-electron chi connectivity index (χ4n) is 4.02. The van der Waals surface area contributed by atoms with Gasteiger partial charge in [0.25, 0.3) is 0 Å². The van der Waals surface area contributed by atoms with E-state index in [1.165, 1.54) is 24.3 Å². The summed E-state index contributed by atoms with van der Waals surface area (Å²) >= 11 is 0. The van der Waals surface area contributed by atoms with Crippen molar-refractivity contribution in [3.05, 3.63) is 82.9 Å². The summed E-state index contributed by atoms with van der Waals surface area (Å²) in [6, 6.07) is 10.3. The van der Waals surface area contributed by atoms with Gasteiger partial charge in [0.1, 0.15) is 0 Å². The minimum Gasteiger partial charge on any atom is -0.166 e. The van der Waals surface area contributed by atoms with Crippen LogP contribution >= 0.6 is 0 Å². The van der Waals surface area contributed by atoms with Crippen LogP contribution in [0.1, 0.15) is 35.1 Å². The average Bonchev–Trinajstić information content (AvgIpc) is 2.67. The van der Waals surface area contributed by atoms with Crippen LogP contribution in [0.5, 0.6) is 0 Å². The lowest BCUT2D eigenvalue weighted by Gasteiger charge is -2.35. The highest BCUT2D eigenvalue weighted by Gasteiger charge is 2.34. The van der Waals surface area contributed by atoms with E-state index in [1.807, 2.05) is 12.2 Å². The molecule has 6 heteroatoms. The molecule has 2 aromatic carbocycles. The molecule has 2 aromatic rings. The standard InChI is InChI=1S/C22H16F6/c23-21(24,25)17-7-3-13(4-8-17)19-12-16-2-1-15(19)11-20(16)14-5-9-18(10-6-14)22(26,27)28/h3-12,15-16H,1-2H2/t15-,16-/m1/s1. The Morgan fingerprint density at radius 1 is 0.536 bits per heavy atom. The molecule has 2 bridgehead atoms. The van der Waals surface area contributed by atoms with Crippen molar-refractivity contribution in [2.24, 2.45) is 11.8 Å². The second-order valence-corrected chi connectivity index (χ2v) is 7.18. The van der Waals surface area contributed by atoms with Crippen LogP contribution < -0.4 is 0 Å². The second-order valence-electron chi connectivity index (χ2n) is 7.18. The van der Waals surface area contributed by atoms with E-state index in [-0.39, 0.29) is 11.8 Å². The Balaban J connectivity index is 1.59. The van der Waals surface area contributed by atoms with Gasteiger partial charge >= 0.3 is 12.4 Å². The molecule has 0 fully saturated rings. The fraction of sp³-hybridized carbons (Fsp3) is 0.273. The molecule has 3 aliphatic rings. The summed E-state index contributed by atoms with van der Waals surface area (Å²) in [6.07, 6.45) is -2.89. The number of halogens is 6. The molecule has 2 atom stereocenters. The van der Waals surface area contributed by atoms with Crippen molar-refractivity contribution in [2.45, 2.75) is 25.2 Å². The van der Waals surface area contributed by atoms with Crippen LogP contribution in [-0.2, 0) is 12.4 Å². The SMILES string of the molecule is FC(F)(F)c1ccc(C2=C[C@H]3CC[C@@H]2C=C3c2ccc(C(F)(F)F)cc2)cc1. The predicted octanol–water partition coefficient (Wildman–Crippen LogP) is 7.23. The van der Waals surface area contributed by atoms with Crippen molar-refractivity contribution in [3.8, 4) is 0 Å². The van der Waals surface area contributed by atoms with Crippen LogP contribution in [0.25, 0.3) is 11.1 Å². The first-order valence-electron chi connectivity index (χ1n) is 8.91. The number of fused-ring (bicyclic) bond motifs is 1. The van der Waals surface area contributed by atoms with Crippen LogP contribution in [0.4, 0.5) is 26.3 Å². The van der Waals surface area contributed by atoms with Crippen molar-refractivity contribution in [1.29, 1.82) is 0 Å². The van der Waals surface area contributed by atoms with Gasteiger partial charge in [-0.05, 0) is 59.4 Å². The number of hydrogen-bond donors (Lipinski definition) is 0. The third kappa shape index (κ3) is 3.48. The van der Waals surface area contributed by atoms with E-state index in [0.717, 1.165) is 59.4 Å². The van der Waals surface area contributed by atoms with E-state index in [1.54, 1.807) is 0 Å². The molecule has 0 saturated carbocycles. The summed E-state index contributed by atoms with van der Waals surface area (Å²) in [6.45, 7) is 0. The summed E-state index contributed by atoms with van der Waals surface area (Å²) in [4.78, 5) is 0. The molecule has 0 N–H and O–H groups in total. The van der Waals surface area contributed by atoms with Gasteiger partial charge in [0, 0.05) is 11.8 Å². The molecule has 0 aliphatic heterocycles. The van der Waals surface area contributed by atoms with Gasteiger partial charge in [0.05, 0.1) is 11.1 Å². The third-order valence-corrected chi connectivity index (χ3v) is 5.44. The molecule has 0 radical (unpaired) electrons. The highest BCUT2D eigenvalue weighted by molar-refractivity contribution is 5.82. The summed E-state index contributed by atoms with van der Waals surface area (Å²) in [5, 5.41) is 0. The maximum Gasteiger partial charge on any atom is 0.416 e. The number of rotatable bonds is 2. The fourth-order valence-corrected chi connectivity index (χ4v) is 4.02.